The van der Waals surface area contributed by atoms with Gasteiger partial charge in [-0.2, -0.15) is 5.26 Å². The monoisotopic (exact) mass is 625 g/mol. The van der Waals surface area contributed by atoms with Crippen LogP contribution in [-0.2, 0) is 5.44 Å². The number of fused-ring (bicyclic) bond motifs is 1. The molecule has 1 atom stereocenters. The zero-order chi connectivity index (χ0) is 26.4. The first kappa shape index (κ1) is 26.0. The zero-order valence-corrected chi connectivity index (χ0v) is 24.3. The number of halogens is 2. The van der Waals surface area contributed by atoms with Gasteiger partial charge in [0.15, 0.2) is 0 Å². The van der Waals surface area contributed by atoms with E-state index in [1.165, 1.54) is 12.8 Å². The van der Waals surface area contributed by atoms with Crippen LogP contribution in [0.1, 0.15) is 44.7 Å². The van der Waals surface area contributed by atoms with E-state index in [2.05, 4.69) is 113 Å². The van der Waals surface area contributed by atoms with Gasteiger partial charge in [0.1, 0.15) is 13.9 Å². The summed E-state index contributed by atoms with van der Waals surface area (Å²) in [6.07, 6.45) is 6.14. The number of pyridine rings is 1. The summed E-state index contributed by atoms with van der Waals surface area (Å²) < 4.78 is 0.994. The summed E-state index contributed by atoms with van der Waals surface area (Å²) >= 11 is 9.07. The Labute approximate surface area is 237 Å². The van der Waals surface area contributed by atoms with Crippen LogP contribution in [0.5, 0.6) is 0 Å². The number of nitrogens with zero attached hydrogens (tertiary/aromatic N) is 3. The van der Waals surface area contributed by atoms with Crippen molar-refractivity contribution >= 4 is 64.3 Å². The molecule has 0 saturated heterocycles. The molecule has 7 nitrogen and oxygen atoms in total. The fourth-order valence-corrected chi connectivity index (χ4v) is 5.62. The minimum Gasteiger partial charge on any atom is -0.383 e. The first-order valence-corrected chi connectivity index (χ1v) is 13.9. The van der Waals surface area contributed by atoms with Gasteiger partial charge in [-0.3, -0.25) is 9.99 Å². The van der Waals surface area contributed by atoms with Gasteiger partial charge >= 0.3 is 0 Å². The van der Waals surface area contributed by atoms with Crippen LogP contribution in [-0.4, -0.2) is 30.4 Å². The molecular formula is C27H30BClIN7. The Morgan fingerprint density at radius 2 is 2.03 bits per heavy atom. The lowest BCUT2D eigenvalue weighted by Gasteiger charge is -2.34. The summed E-state index contributed by atoms with van der Waals surface area (Å²) in [6, 6.07) is 14.9. The van der Waals surface area contributed by atoms with Crippen LogP contribution in [0.3, 0.4) is 0 Å². The smallest absolute Gasteiger partial charge is 0.148 e. The summed E-state index contributed by atoms with van der Waals surface area (Å²) in [7, 11) is 2.13. The van der Waals surface area contributed by atoms with Crippen molar-refractivity contribution in [2.75, 3.05) is 17.2 Å². The summed E-state index contributed by atoms with van der Waals surface area (Å²) in [5.74, 6) is 0. The van der Waals surface area contributed by atoms with Gasteiger partial charge in [0.25, 0.3) is 0 Å². The molecule has 10 heteroatoms. The highest BCUT2D eigenvalue weighted by Gasteiger charge is 2.39. The molecule has 37 heavy (non-hydrogen) atoms. The number of hydrogen-bond acceptors (Lipinski definition) is 7. The van der Waals surface area contributed by atoms with Crippen molar-refractivity contribution in [2.24, 2.45) is 5.41 Å². The third-order valence-corrected chi connectivity index (χ3v) is 7.87. The first-order chi connectivity index (χ1) is 17.6. The van der Waals surface area contributed by atoms with E-state index in [0.717, 1.165) is 43.7 Å². The lowest BCUT2D eigenvalue weighted by molar-refractivity contribution is 0.260. The zero-order valence-electron chi connectivity index (χ0n) is 21.4. The Bertz CT molecular complexity index is 1430. The average Bonchev–Trinajstić information content (AvgIpc) is 3.57. The van der Waals surface area contributed by atoms with E-state index in [4.69, 9.17) is 11.6 Å². The maximum atomic E-state index is 9.84. The summed E-state index contributed by atoms with van der Waals surface area (Å²) in [5, 5.41) is 20.9. The lowest BCUT2D eigenvalue weighted by atomic mass is 9.69. The molecule has 2 heterocycles. The fraction of sp³-hybridized carbons (Fsp3) is 0.333. The average molecular weight is 626 g/mol. The molecule has 1 aliphatic heterocycles. The van der Waals surface area contributed by atoms with Gasteiger partial charge < -0.3 is 16.1 Å². The molecule has 2 aliphatic rings. The summed E-state index contributed by atoms with van der Waals surface area (Å²) in [5.41, 5.74) is 11.1. The molecule has 1 aromatic heterocycles. The van der Waals surface area contributed by atoms with Crippen LogP contribution in [0.25, 0.3) is 10.9 Å². The molecule has 0 bridgehead atoms. The highest BCUT2D eigenvalue weighted by atomic mass is 127. The molecule has 0 spiro atoms. The second kappa shape index (κ2) is 9.89. The van der Waals surface area contributed by atoms with Gasteiger partial charge in [-0.15, -0.1) is 5.53 Å². The van der Waals surface area contributed by atoms with Crippen LogP contribution < -0.4 is 21.6 Å². The van der Waals surface area contributed by atoms with Crippen molar-refractivity contribution in [2.45, 2.75) is 45.1 Å². The number of rotatable bonds is 7. The van der Waals surface area contributed by atoms with Crippen LogP contribution in [0.15, 0.2) is 54.5 Å². The second-order valence-electron chi connectivity index (χ2n) is 11.1. The molecule has 4 N–H and O–H groups in total. The van der Waals surface area contributed by atoms with E-state index < -0.39 is 5.44 Å². The van der Waals surface area contributed by atoms with Crippen LogP contribution in [0, 0.1) is 20.3 Å². The Morgan fingerprint density at radius 1 is 1.27 bits per heavy atom. The molecule has 1 saturated carbocycles. The number of nitrogens with one attached hydrogen (secondary N) is 4. The summed E-state index contributed by atoms with van der Waals surface area (Å²) in [6.45, 7) is 7.24. The van der Waals surface area contributed by atoms with Crippen molar-refractivity contribution < 1.29 is 0 Å². The molecule has 1 fully saturated rings. The predicted molar refractivity (Wildman–Crippen MR) is 162 cm³/mol. The van der Waals surface area contributed by atoms with Gasteiger partial charge in [0.2, 0.25) is 0 Å². The molecule has 2 aromatic carbocycles. The van der Waals surface area contributed by atoms with Crippen molar-refractivity contribution in [1.29, 1.82) is 5.26 Å². The molecule has 0 radical (unpaired) electrons. The van der Waals surface area contributed by atoms with Crippen LogP contribution in [0.2, 0.25) is 5.02 Å². The molecule has 1 aliphatic carbocycles. The highest BCUT2D eigenvalue weighted by molar-refractivity contribution is 14.1. The number of hydrazine groups is 2. The van der Waals surface area contributed by atoms with E-state index in [0.29, 0.717) is 16.6 Å². The van der Waals surface area contributed by atoms with E-state index in [1.807, 2.05) is 18.2 Å². The van der Waals surface area contributed by atoms with Crippen LogP contribution >= 0.6 is 34.2 Å². The van der Waals surface area contributed by atoms with Crippen molar-refractivity contribution in [1.82, 2.24) is 21.0 Å². The molecule has 5 rings (SSSR count). The minimum atomic E-state index is -0.662. The molecular weight excluding hydrogens is 596 g/mol. The minimum absolute atomic E-state index is 0.0506. The van der Waals surface area contributed by atoms with Gasteiger partial charge in [-0.05, 0) is 64.6 Å². The number of nitriles is 1. The van der Waals surface area contributed by atoms with Gasteiger partial charge in [0, 0.05) is 44.6 Å². The Hall–Kier alpha value is -2.68. The Kier molecular flexibility index (Phi) is 6.94. The van der Waals surface area contributed by atoms with Crippen molar-refractivity contribution in [3.63, 3.8) is 0 Å². The second-order valence-corrected chi connectivity index (χ2v) is 12.6. The number of anilines is 2. The lowest BCUT2D eigenvalue weighted by Crippen LogP contribution is -2.45. The van der Waals surface area contributed by atoms with E-state index >= 15 is 0 Å². The van der Waals surface area contributed by atoms with Crippen LogP contribution in [0.4, 0.5) is 11.4 Å². The summed E-state index contributed by atoms with van der Waals surface area (Å²) in [4.78, 5) is 4.62. The highest BCUT2D eigenvalue weighted by Crippen LogP contribution is 2.39. The SMILES string of the molecule is BC(Nc1cc(I)c2ncc(C#N)c(NCC(C)(C)C)c2c1)(C1=CN(C2CC2)NN1)c1ccccc1Cl. The van der Waals surface area contributed by atoms with Gasteiger partial charge in [-0.1, -0.05) is 50.6 Å². The van der Waals surface area contributed by atoms with Gasteiger partial charge in [-0.25, -0.2) is 0 Å². The topological polar surface area (TPSA) is 88.0 Å². The number of hydrogen-bond donors (Lipinski definition) is 4. The van der Waals surface area contributed by atoms with Crippen molar-refractivity contribution in [3.05, 3.63) is 74.2 Å². The third kappa shape index (κ3) is 5.33. The van der Waals surface area contributed by atoms with Gasteiger partial charge in [0.05, 0.1) is 27.9 Å². The standard InChI is InChI=1S/C27H30BClIN7/c1-26(2,3)15-33-24-16(12-31)13-32-25-19(24)10-17(11-22(25)30)34-27(28,20-6-4-5-7-21(20)29)23-14-37(36-35-23)18-8-9-18/h4-7,10-11,13-14,18,34-36H,8-9,15,28H2,1-3H3,(H,32,33). The van der Waals surface area contributed by atoms with E-state index in [9.17, 15) is 5.26 Å². The molecule has 190 valence electrons. The Balaban J connectivity index is 1.61. The molecule has 0 amide bonds. The van der Waals surface area contributed by atoms with Crippen molar-refractivity contribution in [3.8, 4) is 6.07 Å². The predicted octanol–water partition coefficient (Wildman–Crippen LogP) is 5.05. The Morgan fingerprint density at radius 3 is 2.70 bits per heavy atom. The normalized spacial score (nSPS) is 17.1. The largest absolute Gasteiger partial charge is 0.383 e. The third-order valence-electron chi connectivity index (χ3n) is 6.71. The maximum absolute atomic E-state index is 9.84. The van der Waals surface area contributed by atoms with E-state index in [1.54, 1.807) is 6.20 Å². The first-order valence-electron chi connectivity index (χ1n) is 12.4. The maximum Gasteiger partial charge on any atom is 0.148 e. The fourth-order valence-electron chi connectivity index (χ4n) is 4.53. The quantitative estimate of drug-likeness (QED) is 0.216. The molecule has 1 unspecified atom stereocenters. The van der Waals surface area contributed by atoms with E-state index in [-0.39, 0.29) is 5.41 Å². The molecule has 3 aromatic rings. The number of benzene rings is 2. The number of aromatic nitrogens is 1.